The number of aliphatic hydroxyl groups is 4. The van der Waals surface area contributed by atoms with E-state index in [1.807, 2.05) is 0 Å². The van der Waals surface area contributed by atoms with Gasteiger partial charge in [0.05, 0.1) is 19.8 Å². The van der Waals surface area contributed by atoms with E-state index in [0.29, 0.717) is 13.0 Å². The van der Waals surface area contributed by atoms with E-state index in [1.54, 1.807) is 0 Å². The monoisotopic (exact) mass is 991 g/mol. The Bertz CT molecular complexity index is 1170. The van der Waals surface area contributed by atoms with Gasteiger partial charge in [0.25, 0.3) is 0 Å². The summed E-state index contributed by atoms with van der Waals surface area (Å²) in [4.78, 5) is 12.9. The van der Waals surface area contributed by atoms with Crippen LogP contribution in [0.25, 0.3) is 0 Å². The molecule has 0 aliphatic carbocycles. The maximum absolute atomic E-state index is 12.9. The van der Waals surface area contributed by atoms with Gasteiger partial charge in [-0.15, -0.1) is 0 Å². The molecular weight excluding hydrogens is 877 g/mol. The van der Waals surface area contributed by atoms with Crippen LogP contribution in [0.15, 0.2) is 36.5 Å². The summed E-state index contributed by atoms with van der Waals surface area (Å²) in [6.45, 7) is 4.58. The fourth-order valence-corrected chi connectivity index (χ4v) is 9.39. The number of rotatable bonds is 53. The van der Waals surface area contributed by atoms with Crippen LogP contribution in [-0.2, 0) is 23.7 Å². The number of carbonyl (C=O) groups excluding carboxylic acids is 1. The minimum Gasteiger partial charge on any atom is -0.457 e. The second kappa shape index (κ2) is 52.3. The predicted octanol–water partition coefficient (Wildman–Crippen LogP) is 15.8. The van der Waals surface area contributed by atoms with Gasteiger partial charge in [-0.3, -0.25) is 4.79 Å². The molecule has 1 aliphatic heterocycles. The molecule has 6 atom stereocenters. The highest BCUT2D eigenvalue weighted by molar-refractivity contribution is 5.69. The fraction of sp³-hybridized carbons (Fsp3) is 0.885. The molecule has 0 bridgehead atoms. The molecule has 1 fully saturated rings. The molecule has 0 spiro atoms. The van der Waals surface area contributed by atoms with Gasteiger partial charge < -0.3 is 39.4 Å². The summed E-state index contributed by atoms with van der Waals surface area (Å²) < 4.78 is 23.0. The van der Waals surface area contributed by atoms with Gasteiger partial charge in [-0.1, -0.05) is 262 Å². The first kappa shape index (κ1) is 66.4. The lowest BCUT2D eigenvalue weighted by atomic mass is 9.99. The minimum atomic E-state index is -1.54. The molecule has 9 heteroatoms. The van der Waals surface area contributed by atoms with Crippen molar-refractivity contribution in [1.82, 2.24) is 0 Å². The third-order valence-electron chi connectivity index (χ3n) is 14.1. The normalized spacial score (nSPS) is 19.1. The standard InChI is InChI=1S/C61H114O9/c1-3-5-7-9-11-13-15-17-19-21-23-25-27-28-29-30-32-34-36-38-40-42-44-46-48-50-57(63)69-55(54-68-61-60(66)59(65)58(64)56(52-62)70-61)53-67-51-49-47-45-43-41-39-37-35-33-31-26-24-22-20-18-16-14-12-10-8-6-4-2/h16,18,22,24,31,33,55-56,58-62,64-66H,3-15,17,19-21,23,25-30,32,34-54H2,1-2H3/b18-16-,24-22-,33-31-. The number of aliphatic hydroxyl groups excluding tert-OH is 4. The van der Waals surface area contributed by atoms with Gasteiger partial charge in [0, 0.05) is 13.0 Å². The van der Waals surface area contributed by atoms with Crippen LogP contribution in [0.3, 0.4) is 0 Å². The lowest BCUT2D eigenvalue weighted by Crippen LogP contribution is -2.59. The Balaban J connectivity index is 2.14. The average Bonchev–Trinajstić information content (AvgIpc) is 3.36. The van der Waals surface area contributed by atoms with E-state index < -0.39 is 43.4 Å². The summed E-state index contributed by atoms with van der Waals surface area (Å²) in [5.74, 6) is -0.311. The molecule has 0 saturated carbocycles. The van der Waals surface area contributed by atoms with Gasteiger partial charge in [-0.05, 0) is 51.4 Å². The van der Waals surface area contributed by atoms with Crippen LogP contribution in [0.2, 0.25) is 0 Å². The number of carbonyl (C=O) groups is 1. The predicted molar refractivity (Wildman–Crippen MR) is 293 cm³/mol. The second-order valence-corrected chi connectivity index (χ2v) is 20.8. The molecule has 1 saturated heterocycles. The van der Waals surface area contributed by atoms with Crippen LogP contribution in [0, 0.1) is 0 Å². The van der Waals surface area contributed by atoms with Crippen LogP contribution in [0.5, 0.6) is 0 Å². The summed E-state index contributed by atoms with van der Waals surface area (Å²) in [5, 5.41) is 40.4. The summed E-state index contributed by atoms with van der Waals surface area (Å²) in [6, 6.07) is 0. The Morgan fingerprint density at radius 3 is 1.24 bits per heavy atom. The summed E-state index contributed by atoms with van der Waals surface area (Å²) >= 11 is 0. The van der Waals surface area contributed by atoms with Gasteiger partial charge in [0.2, 0.25) is 0 Å². The number of hydrogen-bond acceptors (Lipinski definition) is 9. The quantitative estimate of drug-likeness (QED) is 0.0267. The highest BCUT2D eigenvalue weighted by atomic mass is 16.7. The van der Waals surface area contributed by atoms with Crippen molar-refractivity contribution in [1.29, 1.82) is 0 Å². The van der Waals surface area contributed by atoms with E-state index in [4.69, 9.17) is 18.9 Å². The number of hydrogen-bond donors (Lipinski definition) is 4. The molecule has 0 radical (unpaired) electrons. The van der Waals surface area contributed by atoms with Crippen molar-refractivity contribution in [2.75, 3.05) is 26.4 Å². The maximum atomic E-state index is 12.9. The molecule has 0 aromatic heterocycles. The first-order chi connectivity index (χ1) is 34.4. The summed E-state index contributed by atoms with van der Waals surface area (Å²) in [7, 11) is 0. The van der Waals surface area contributed by atoms with E-state index in [1.165, 1.54) is 205 Å². The number of esters is 1. The van der Waals surface area contributed by atoms with Crippen molar-refractivity contribution in [3.8, 4) is 0 Å². The van der Waals surface area contributed by atoms with Gasteiger partial charge in [0.1, 0.15) is 30.5 Å². The van der Waals surface area contributed by atoms with Gasteiger partial charge in [0.15, 0.2) is 6.29 Å². The maximum Gasteiger partial charge on any atom is 0.306 e. The Morgan fingerprint density at radius 1 is 0.457 bits per heavy atom. The average molecular weight is 992 g/mol. The zero-order valence-electron chi connectivity index (χ0n) is 45.8. The number of allylic oxidation sites excluding steroid dienone is 6. The lowest BCUT2D eigenvalue weighted by Gasteiger charge is -2.39. The van der Waals surface area contributed by atoms with E-state index in [0.717, 1.165) is 57.8 Å². The van der Waals surface area contributed by atoms with Crippen molar-refractivity contribution >= 4 is 5.97 Å². The topological polar surface area (TPSA) is 135 Å². The lowest BCUT2D eigenvalue weighted by molar-refractivity contribution is -0.305. The molecule has 1 heterocycles. The molecule has 0 amide bonds. The number of unbranched alkanes of at least 4 members (excludes halogenated alkanes) is 36. The Kier molecular flexibility index (Phi) is 49.6. The SMILES string of the molecule is CCCCCCC/C=C\C/C=C\C/C=C\CCCCCCCCCOCC(COC1OC(CO)C(O)C(O)C1O)OC(=O)CCCCCCCCCCCCCCCCCCCCCCCCCCC. The summed E-state index contributed by atoms with van der Waals surface area (Å²) in [6.07, 6.45) is 59.1. The molecule has 9 nitrogen and oxygen atoms in total. The van der Waals surface area contributed by atoms with E-state index in [2.05, 4.69) is 50.3 Å². The molecular formula is C61H114O9. The molecule has 4 N–H and O–H groups in total. The Morgan fingerprint density at radius 2 is 0.829 bits per heavy atom. The van der Waals surface area contributed by atoms with Crippen LogP contribution >= 0.6 is 0 Å². The van der Waals surface area contributed by atoms with Crippen LogP contribution in [-0.4, -0.2) is 89.6 Å². The van der Waals surface area contributed by atoms with Crippen molar-refractivity contribution in [3.05, 3.63) is 36.5 Å². The van der Waals surface area contributed by atoms with Gasteiger partial charge in [-0.25, -0.2) is 0 Å². The van der Waals surface area contributed by atoms with E-state index in [9.17, 15) is 25.2 Å². The highest BCUT2D eigenvalue weighted by Crippen LogP contribution is 2.23. The zero-order chi connectivity index (χ0) is 50.6. The minimum absolute atomic E-state index is 0.114. The van der Waals surface area contributed by atoms with E-state index >= 15 is 0 Å². The molecule has 1 rings (SSSR count). The van der Waals surface area contributed by atoms with Crippen molar-refractivity contribution in [2.45, 2.75) is 320 Å². The third-order valence-corrected chi connectivity index (χ3v) is 14.1. The largest absolute Gasteiger partial charge is 0.457 e. The second-order valence-electron chi connectivity index (χ2n) is 20.8. The van der Waals surface area contributed by atoms with Crippen LogP contribution in [0.4, 0.5) is 0 Å². The summed E-state index contributed by atoms with van der Waals surface area (Å²) in [5.41, 5.74) is 0. The number of ether oxygens (including phenoxy) is 4. The zero-order valence-corrected chi connectivity index (χ0v) is 45.8. The van der Waals surface area contributed by atoms with Crippen LogP contribution in [0.1, 0.15) is 284 Å². The Labute approximate surface area is 431 Å². The highest BCUT2D eigenvalue weighted by Gasteiger charge is 2.44. The molecule has 412 valence electrons. The smallest absolute Gasteiger partial charge is 0.306 e. The molecule has 0 aromatic carbocycles. The van der Waals surface area contributed by atoms with Gasteiger partial charge in [-0.2, -0.15) is 0 Å². The first-order valence-electron chi connectivity index (χ1n) is 30.1. The molecule has 6 unspecified atom stereocenters. The van der Waals surface area contributed by atoms with Crippen molar-refractivity contribution in [2.24, 2.45) is 0 Å². The van der Waals surface area contributed by atoms with Gasteiger partial charge >= 0.3 is 5.97 Å². The first-order valence-corrected chi connectivity index (χ1v) is 30.1. The Hall–Kier alpha value is -1.59. The van der Waals surface area contributed by atoms with Crippen molar-refractivity contribution < 1.29 is 44.2 Å². The molecule has 0 aromatic rings. The van der Waals surface area contributed by atoms with Crippen LogP contribution < -0.4 is 0 Å². The van der Waals surface area contributed by atoms with Crippen molar-refractivity contribution in [3.63, 3.8) is 0 Å². The third kappa shape index (κ3) is 41.8. The van der Waals surface area contributed by atoms with E-state index in [-0.39, 0.29) is 19.2 Å². The molecule has 70 heavy (non-hydrogen) atoms. The molecule has 1 aliphatic rings. The fourth-order valence-electron chi connectivity index (χ4n) is 9.39.